The molecule has 1 atom stereocenters. The zero-order chi connectivity index (χ0) is 11.7. The van der Waals surface area contributed by atoms with Crippen molar-refractivity contribution in [3.05, 3.63) is 12.3 Å². The number of aromatic nitrogens is 2. The first-order valence-corrected chi connectivity index (χ1v) is 6.66. The molecule has 0 unspecified atom stereocenters. The highest BCUT2D eigenvalue weighted by atomic mass is 15.2. The summed E-state index contributed by atoms with van der Waals surface area (Å²) in [5.41, 5.74) is 0. The minimum Gasteiger partial charge on any atom is -0.356 e. The fourth-order valence-electron chi connectivity index (χ4n) is 2.47. The predicted octanol–water partition coefficient (Wildman–Crippen LogP) is 2.29. The van der Waals surface area contributed by atoms with Crippen LogP contribution in [0.3, 0.4) is 0 Å². The highest BCUT2D eigenvalue weighted by Crippen LogP contribution is 2.24. The van der Waals surface area contributed by atoms with E-state index in [0.29, 0.717) is 6.04 Å². The van der Waals surface area contributed by atoms with Crippen LogP contribution in [0.4, 0.5) is 11.8 Å². The van der Waals surface area contributed by atoms with E-state index >= 15 is 0 Å². The molecular formula is C13H20N4. The zero-order valence-electron chi connectivity index (χ0n) is 10.4. The van der Waals surface area contributed by atoms with Crippen LogP contribution in [0.15, 0.2) is 12.3 Å². The first-order valence-electron chi connectivity index (χ1n) is 6.66. The van der Waals surface area contributed by atoms with Gasteiger partial charge in [0.2, 0.25) is 5.95 Å². The van der Waals surface area contributed by atoms with Crippen molar-refractivity contribution in [1.29, 1.82) is 0 Å². The molecule has 1 aromatic rings. The largest absolute Gasteiger partial charge is 0.356 e. The summed E-state index contributed by atoms with van der Waals surface area (Å²) in [6.45, 7) is 4.55. The van der Waals surface area contributed by atoms with Crippen LogP contribution in [0.2, 0.25) is 0 Å². The van der Waals surface area contributed by atoms with Crippen LogP contribution in [0.25, 0.3) is 0 Å². The van der Waals surface area contributed by atoms with E-state index < -0.39 is 0 Å². The van der Waals surface area contributed by atoms with Crippen molar-refractivity contribution in [2.75, 3.05) is 23.3 Å². The Balaban J connectivity index is 1.69. The zero-order valence-corrected chi connectivity index (χ0v) is 10.4. The van der Waals surface area contributed by atoms with Gasteiger partial charge in [-0.3, -0.25) is 0 Å². The van der Waals surface area contributed by atoms with Gasteiger partial charge < -0.3 is 10.2 Å². The standard InChI is InChI=1S/C13H20N4/c1-10-6-8-17(9-10)12-5-7-14-13(16-12)15-11-3-2-4-11/h5,7,10-11H,2-4,6,8-9H2,1H3,(H,14,15,16)/t10-/m1/s1. The Morgan fingerprint density at radius 3 is 2.88 bits per heavy atom. The van der Waals surface area contributed by atoms with Gasteiger partial charge in [0, 0.05) is 25.3 Å². The maximum atomic E-state index is 4.61. The van der Waals surface area contributed by atoms with E-state index in [0.717, 1.165) is 30.8 Å². The van der Waals surface area contributed by atoms with Gasteiger partial charge in [-0.25, -0.2) is 4.98 Å². The van der Waals surface area contributed by atoms with Crippen LogP contribution in [0.1, 0.15) is 32.6 Å². The first-order chi connectivity index (χ1) is 8.31. The van der Waals surface area contributed by atoms with E-state index in [1.54, 1.807) is 0 Å². The minimum atomic E-state index is 0.600. The SMILES string of the molecule is C[C@@H]1CCN(c2ccnc(NC3CCC3)n2)C1. The summed E-state index contributed by atoms with van der Waals surface area (Å²) in [4.78, 5) is 11.3. The fraction of sp³-hybridized carbons (Fsp3) is 0.692. The van der Waals surface area contributed by atoms with E-state index in [4.69, 9.17) is 0 Å². The number of rotatable bonds is 3. The topological polar surface area (TPSA) is 41.1 Å². The Bertz CT molecular complexity index is 389. The molecule has 0 bridgehead atoms. The maximum Gasteiger partial charge on any atom is 0.224 e. The maximum absolute atomic E-state index is 4.61. The molecule has 2 fully saturated rings. The van der Waals surface area contributed by atoms with Gasteiger partial charge >= 0.3 is 0 Å². The Morgan fingerprint density at radius 1 is 1.35 bits per heavy atom. The molecule has 0 spiro atoms. The third-order valence-electron chi connectivity index (χ3n) is 3.83. The highest BCUT2D eigenvalue weighted by molar-refractivity contribution is 5.43. The Morgan fingerprint density at radius 2 is 2.24 bits per heavy atom. The second kappa shape index (κ2) is 4.51. The number of hydrogen-bond acceptors (Lipinski definition) is 4. The molecule has 1 saturated heterocycles. The molecule has 1 aliphatic heterocycles. The van der Waals surface area contributed by atoms with Gasteiger partial charge in [-0.15, -0.1) is 0 Å². The molecular weight excluding hydrogens is 212 g/mol. The lowest BCUT2D eigenvalue weighted by atomic mass is 9.93. The molecule has 4 heteroatoms. The Kier molecular flexibility index (Phi) is 2.87. The van der Waals surface area contributed by atoms with Crippen LogP contribution in [-0.2, 0) is 0 Å². The van der Waals surface area contributed by atoms with Crippen molar-refractivity contribution in [2.45, 2.75) is 38.6 Å². The van der Waals surface area contributed by atoms with Crippen molar-refractivity contribution in [1.82, 2.24) is 9.97 Å². The van der Waals surface area contributed by atoms with Gasteiger partial charge in [0.15, 0.2) is 0 Å². The summed E-state index contributed by atoms with van der Waals surface area (Å²) in [6.07, 6.45) is 6.99. The van der Waals surface area contributed by atoms with Crippen molar-refractivity contribution in [3.63, 3.8) is 0 Å². The van der Waals surface area contributed by atoms with E-state index in [2.05, 4.69) is 27.1 Å². The third-order valence-corrected chi connectivity index (χ3v) is 3.83. The van der Waals surface area contributed by atoms with Crippen LogP contribution >= 0.6 is 0 Å². The van der Waals surface area contributed by atoms with Crippen molar-refractivity contribution >= 4 is 11.8 Å². The quantitative estimate of drug-likeness (QED) is 0.868. The Labute approximate surface area is 102 Å². The molecule has 0 radical (unpaired) electrons. The second-order valence-corrected chi connectivity index (χ2v) is 5.35. The summed E-state index contributed by atoms with van der Waals surface area (Å²) in [5, 5.41) is 3.40. The summed E-state index contributed by atoms with van der Waals surface area (Å²) in [7, 11) is 0. The second-order valence-electron chi connectivity index (χ2n) is 5.35. The van der Waals surface area contributed by atoms with Crippen LogP contribution in [0.5, 0.6) is 0 Å². The molecule has 0 aromatic carbocycles. The van der Waals surface area contributed by atoms with Crippen LogP contribution in [0, 0.1) is 5.92 Å². The Hall–Kier alpha value is -1.32. The van der Waals surface area contributed by atoms with E-state index in [1.807, 2.05) is 12.3 Å². The molecule has 4 nitrogen and oxygen atoms in total. The van der Waals surface area contributed by atoms with Crippen LogP contribution in [-0.4, -0.2) is 29.1 Å². The lowest BCUT2D eigenvalue weighted by molar-refractivity contribution is 0.443. The van der Waals surface area contributed by atoms with E-state index in [-0.39, 0.29) is 0 Å². The summed E-state index contributed by atoms with van der Waals surface area (Å²) in [6, 6.07) is 2.62. The van der Waals surface area contributed by atoms with Crippen molar-refractivity contribution in [3.8, 4) is 0 Å². The third kappa shape index (κ3) is 2.35. The molecule has 2 aliphatic rings. The summed E-state index contributed by atoms with van der Waals surface area (Å²) >= 11 is 0. The van der Waals surface area contributed by atoms with Crippen molar-refractivity contribution < 1.29 is 0 Å². The number of nitrogens with one attached hydrogen (secondary N) is 1. The fourth-order valence-corrected chi connectivity index (χ4v) is 2.47. The predicted molar refractivity (Wildman–Crippen MR) is 69.3 cm³/mol. The van der Waals surface area contributed by atoms with Gasteiger partial charge in [0.05, 0.1) is 0 Å². The van der Waals surface area contributed by atoms with E-state index in [9.17, 15) is 0 Å². The summed E-state index contributed by atoms with van der Waals surface area (Å²) < 4.78 is 0. The minimum absolute atomic E-state index is 0.600. The van der Waals surface area contributed by atoms with Crippen molar-refractivity contribution in [2.24, 2.45) is 5.92 Å². The molecule has 1 aliphatic carbocycles. The molecule has 17 heavy (non-hydrogen) atoms. The molecule has 1 aromatic heterocycles. The van der Waals surface area contributed by atoms with Gasteiger partial charge in [-0.2, -0.15) is 4.98 Å². The summed E-state index contributed by atoms with van der Waals surface area (Å²) in [5.74, 6) is 2.66. The van der Waals surface area contributed by atoms with Gasteiger partial charge in [-0.1, -0.05) is 6.92 Å². The molecule has 1 saturated carbocycles. The first kappa shape index (κ1) is 10.8. The lowest BCUT2D eigenvalue weighted by Gasteiger charge is -2.26. The normalized spacial score (nSPS) is 24.8. The molecule has 92 valence electrons. The van der Waals surface area contributed by atoms with Gasteiger partial charge in [0.1, 0.15) is 5.82 Å². The lowest BCUT2D eigenvalue weighted by Crippen LogP contribution is -2.28. The molecule has 1 N–H and O–H groups in total. The van der Waals surface area contributed by atoms with Gasteiger partial charge in [-0.05, 0) is 37.7 Å². The highest BCUT2D eigenvalue weighted by Gasteiger charge is 2.21. The van der Waals surface area contributed by atoms with Gasteiger partial charge in [0.25, 0.3) is 0 Å². The number of anilines is 2. The molecule has 2 heterocycles. The molecule has 3 rings (SSSR count). The average molecular weight is 232 g/mol. The monoisotopic (exact) mass is 232 g/mol. The number of hydrogen-bond donors (Lipinski definition) is 1. The number of nitrogens with zero attached hydrogens (tertiary/aromatic N) is 3. The molecule has 0 amide bonds. The smallest absolute Gasteiger partial charge is 0.224 e. The van der Waals surface area contributed by atoms with E-state index in [1.165, 1.54) is 25.7 Å². The van der Waals surface area contributed by atoms with Crippen LogP contribution < -0.4 is 10.2 Å². The average Bonchev–Trinajstić information content (AvgIpc) is 2.71.